The molecule has 5 heteroatoms. The van der Waals surface area contributed by atoms with Crippen molar-refractivity contribution in [3.05, 3.63) is 64.2 Å². The molecule has 2 aromatic rings. The number of benzene rings is 2. The van der Waals surface area contributed by atoms with Crippen molar-refractivity contribution in [1.82, 2.24) is 5.32 Å². The third kappa shape index (κ3) is 4.64. The average molecular weight is 371 g/mol. The monoisotopic (exact) mass is 370 g/mol. The summed E-state index contributed by atoms with van der Waals surface area (Å²) in [6.07, 6.45) is 1.33. The van der Waals surface area contributed by atoms with E-state index in [9.17, 15) is 9.59 Å². The molecule has 2 atom stereocenters. The van der Waals surface area contributed by atoms with Gasteiger partial charge in [-0.2, -0.15) is 0 Å². The summed E-state index contributed by atoms with van der Waals surface area (Å²) in [4.78, 5) is 24.6. The molecule has 2 amide bonds. The van der Waals surface area contributed by atoms with Crippen LogP contribution in [0, 0.1) is 25.7 Å². The molecule has 1 saturated carbocycles. The van der Waals surface area contributed by atoms with Crippen molar-refractivity contribution in [3.8, 4) is 0 Å². The first-order valence-electron chi connectivity index (χ1n) is 8.84. The Bertz CT molecular complexity index is 835. The number of carbonyl (C=O) groups is 2. The first-order valence-corrected chi connectivity index (χ1v) is 9.22. The van der Waals surface area contributed by atoms with Crippen LogP contribution >= 0.6 is 11.6 Å². The van der Waals surface area contributed by atoms with Crippen molar-refractivity contribution in [3.63, 3.8) is 0 Å². The molecule has 0 radical (unpaired) electrons. The minimum Gasteiger partial charge on any atom is -0.356 e. The largest absolute Gasteiger partial charge is 0.356 e. The molecular formula is C21H23ClN2O2. The Morgan fingerprint density at radius 3 is 2.62 bits per heavy atom. The number of anilines is 1. The summed E-state index contributed by atoms with van der Waals surface area (Å²) in [6, 6.07) is 13.5. The van der Waals surface area contributed by atoms with Crippen LogP contribution in [0.4, 0.5) is 5.69 Å². The molecule has 2 N–H and O–H groups in total. The number of halogens is 1. The molecular weight excluding hydrogens is 348 g/mol. The lowest BCUT2D eigenvalue weighted by molar-refractivity contribution is -0.125. The Hall–Kier alpha value is -2.33. The minimum absolute atomic E-state index is 0.0480. The van der Waals surface area contributed by atoms with Crippen LogP contribution in [0.2, 0.25) is 5.02 Å². The molecule has 0 spiro atoms. The van der Waals surface area contributed by atoms with Crippen LogP contribution in [-0.2, 0) is 16.0 Å². The van der Waals surface area contributed by atoms with Crippen LogP contribution in [0.1, 0.15) is 23.1 Å². The normalized spacial score (nSPS) is 18.3. The zero-order valence-electron chi connectivity index (χ0n) is 15.0. The number of hydrogen-bond donors (Lipinski definition) is 2. The summed E-state index contributed by atoms with van der Waals surface area (Å²) in [5.41, 5.74) is 4.02. The number of hydrogen-bond acceptors (Lipinski definition) is 2. The molecule has 0 bridgehead atoms. The van der Waals surface area contributed by atoms with E-state index in [0.29, 0.717) is 18.0 Å². The predicted octanol–water partition coefficient (Wildman–Crippen LogP) is 3.89. The van der Waals surface area contributed by atoms with E-state index in [4.69, 9.17) is 11.6 Å². The summed E-state index contributed by atoms with van der Waals surface area (Å²) < 4.78 is 0. The van der Waals surface area contributed by atoms with Crippen molar-refractivity contribution in [1.29, 1.82) is 0 Å². The smallest absolute Gasteiger partial charge is 0.228 e. The van der Waals surface area contributed by atoms with E-state index in [1.165, 1.54) is 0 Å². The molecule has 0 aliphatic heterocycles. The van der Waals surface area contributed by atoms with Crippen LogP contribution in [0.25, 0.3) is 0 Å². The zero-order valence-corrected chi connectivity index (χ0v) is 15.8. The van der Waals surface area contributed by atoms with Gasteiger partial charge in [0.1, 0.15) is 0 Å². The summed E-state index contributed by atoms with van der Waals surface area (Å²) in [6.45, 7) is 4.49. The first kappa shape index (κ1) is 18.5. The molecule has 0 saturated heterocycles. The number of rotatable bonds is 6. The number of amides is 2. The Labute approximate surface area is 158 Å². The Morgan fingerprint density at radius 1 is 1.08 bits per heavy atom. The molecule has 4 nitrogen and oxygen atoms in total. The maximum Gasteiger partial charge on any atom is 0.228 e. The SMILES string of the molecule is Cc1ccc(C)c(NC(=O)C2CC2C(=O)NCCc2cccc(Cl)c2)c1. The number of carbonyl (C=O) groups excluding carboxylic acids is 2. The van der Waals surface area contributed by atoms with E-state index in [1.807, 2.05) is 56.3 Å². The molecule has 0 heterocycles. The van der Waals surface area contributed by atoms with Crippen LogP contribution < -0.4 is 10.6 Å². The molecule has 2 unspecified atom stereocenters. The fraction of sp³-hybridized carbons (Fsp3) is 0.333. The molecule has 0 aromatic heterocycles. The van der Waals surface area contributed by atoms with Gasteiger partial charge in [-0.15, -0.1) is 0 Å². The van der Waals surface area contributed by atoms with Gasteiger partial charge in [-0.3, -0.25) is 9.59 Å². The highest BCUT2D eigenvalue weighted by molar-refractivity contribution is 6.30. The van der Waals surface area contributed by atoms with Gasteiger partial charge >= 0.3 is 0 Å². The standard InChI is InChI=1S/C21H23ClN2O2/c1-13-6-7-14(2)19(10-13)24-21(26)18-12-17(18)20(25)23-9-8-15-4-3-5-16(22)11-15/h3-7,10-11,17-18H,8-9,12H2,1-2H3,(H,23,25)(H,24,26). The first-order chi connectivity index (χ1) is 12.4. The van der Waals surface area contributed by atoms with Crippen molar-refractivity contribution in [2.45, 2.75) is 26.7 Å². The van der Waals surface area contributed by atoms with Gasteiger partial charge in [-0.1, -0.05) is 35.9 Å². The fourth-order valence-corrected chi connectivity index (χ4v) is 3.24. The molecule has 3 rings (SSSR count). The Morgan fingerprint density at radius 2 is 1.85 bits per heavy atom. The second kappa shape index (κ2) is 7.92. The van der Waals surface area contributed by atoms with E-state index in [-0.39, 0.29) is 23.7 Å². The quantitative estimate of drug-likeness (QED) is 0.810. The van der Waals surface area contributed by atoms with Gasteiger partial charge in [0.2, 0.25) is 11.8 Å². The fourth-order valence-electron chi connectivity index (χ4n) is 3.02. The minimum atomic E-state index is -0.235. The maximum absolute atomic E-state index is 12.4. The molecule has 1 aliphatic rings. The van der Waals surface area contributed by atoms with Crippen molar-refractivity contribution < 1.29 is 9.59 Å². The van der Waals surface area contributed by atoms with E-state index in [1.54, 1.807) is 0 Å². The average Bonchev–Trinajstić information content (AvgIpc) is 3.39. The zero-order chi connectivity index (χ0) is 18.7. The van der Waals surface area contributed by atoms with Crippen LogP contribution in [0.5, 0.6) is 0 Å². The number of aryl methyl sites for hydroxylation is 2. The van der Waals surface area contributed by atoms with Crippen LogP contribution in [-0.4, -0.2) is 18.4 Å². The topological polar surface area (TPSA) is 58.2 Å². The lowest BCUT2D eigenvalue weighted by atomic mass is 10.1. The van der Waals surface area contributed by atoms with Gasteiger partial charge in [0.15, 0.2) is 0 Å². The second-order valence-corrected chi connectivity index (χ2v) is 7.36. The van der Waals surface area contributed by atoms with E-state index < -0.39 is 0 Å². The van der Waals surface area contributed by atoms with Crippen molar-refractivity contribution >= 4 is 29.1 Å². The maximum atomic E-state index is 12.4. The van der Waals surface area contributed by atoms with E-state index >= 15 is 0 Å². The molecule has 26 heavy (non-hydrogen) atoms. The molecule has 1 fully saturated rings. The van der Waals surface area contributed by atoms with Crippen molar-refractivity contribution in [2.75, 3.05) is 11.9 Å². The van der Waals surface area contributed by atoms with Gasteiger partial charge in [0.05, 0.1) is 11.8 Å². The Kier molecular flexibility index (Phi) is 5.62. The van der Waals surface area contributed by atoms with Gasteiger partial charge in [-0.05, 0) is 61.6 Å². The van der Waals surface area contributed by atoms with Crippen LogP contribution in [0.3, 0.4) is 0 Å². The third-order valence-corrected chi connectivity index (χ3v) is 4.95. The summed E-state index contributed by atoms with van der Waals surface area (Å²) in [5, 5.41) is 6.57. The van der Waals surface area contributed by atoms with E-state index in [0.717, 1.165) is 28.8 Å². The van der Waals surface area contributed by atoms with Gasteiger partial charge < -0.3 is 10.6 Å². The predicted molar refractivity (Wildman–Crippen MR) is 104 cm³/mol. The highest BCUT2D eigenvalue weighted by atomic mass is 35.5. The highest BCUT2D eigenvalue weighted by Crippen LogP contribution is 2.39. The summed E-state index contributed by atoms with van der Waals surface area (Å²) in [7, 11) is 0. The highest BCUT2D eigenvalue weighted by Gasteiger charge is 2.47. The molecule has 1 aliphatic carbocycles. The van der Waals surface area contributed by atoms with E-state index in [2.05, 4.69) is 10.6 Å². The summed E-state index contributed by atoms with van der Waals surface area (Å²) >= 11 is 5.96. The van der Waals surface area contributed by atoms with Gasteiger partial charge in [0.25, 0.3) is 0 Å². The van der Waals surface area contributed by atoms with Gasteiger partial charge in [0, 0.05) is 17.3 Å². The molecule has 2 aromatic carbocycles. The van der Waals surface area contributed by atoms with Crippen LogP contribution in [0.15, 0.2) is 42.5 Å². The van der Waals surface area contributed by atoms with Crippen molar-refractivity contribution in [2.24, 2.45) is 11.8 Å². The summed E-state index contributed by atoms with van der Waals surface area (Å²) in [5.74, 6) is -0.581. The van der Waals surface area contributed by atoms with Gasteiger partial charge in [-0.25, -0.2) is 0 Å². The molecule has 136 valence electrons. The third-order valence-electron chi connectivity index (χ3n) is 4.72. The number of nitrogens with one attached hydrogen (secondary N) is 2. The lowest BCUT2D eigenvalue weighted by Crippen LogP contribution is -2.29. The second-order valence-electron chi connectivity index (χ2n) is 6.93. The lowest BCUT2D eigenvalue weighted by Gasteiger charge is -2.09. The Balaban J connectivity index is 1.46.